The molecule has 0 saturated heterocycles. The summed E-state index contributed by atoms with van der Waals surface area (Å²) in [4.78, 5) is 10.2. The molecule has 0 unspecified atom stereocenters. The van der Waals surface area contributed by atoms with Crippen LogP contribution in [-0.2, 0) is 10.0 Å². The number of nitro groups is 1. The zero-order valence-corrected chi connectivity index (χ0v) is 14.9. The molecule has 1 saturated carbocycles. The van der Waals surface area contributed by atoms with E-state index in [1.807, 2.05) is 0 Å². The molecule has 0 amide bonds. The van der Waals surface area contributed by atoms with Crippen molar-refractivity contribution in [3.8, 4) is 0 Å². The van der Waals surface area contributed by atoms with Crippen LogP contribution >= 0.6 is 24.0 Å². The summed E-state index contributed by atoms with van der Waals surface area (Å²) in [6.45, 7) is 1.48. The second kappa shape index (κ2) is 7.76. The number of halogens is 2. The molecule has 3 N–H and O–H groups in total. The Bertz CT molecular complexity index is 689. The molecule has 0 bridgehead atoms. The van der Waals surface area contributed by atoms with Crippen molar-refractivity contribution in [1.29, 1.82) is 0 Å². The highest BCUT2D eigenvalue weighted by atomic mass is 35.5. The fourth-order valence-electron chi connectivity index (χ4n) is 2.51. The first kappa shape index (κ1) is 20.1. The summed E-state index contributed by atoms with van der Waals surface area (Å²) >= 11 is 5.92. The van der Waals surface area contributed by atoms with Gasteiger partial charge in [-0.2, -0.15) is 0 Å². The normalized spacial score (nSPS) is 21.5. The number of nitrogens with one attached hydrogen (secondary N) is 1. The van der Waals surface area contributed by atoms with Gasteiger partial charge in [-0.25, -0.2) is 13.1 Å². The van der Waals surface area contributed by atoms with Crippen LogP contribution in [0.15, 0.2) is 17.0 Å². The summed E-state index contributed by atoms with van der Waals surface area (Å²) in [5, 5.41) is 11.1. The number of benzene rings is 1. The third-order valence-corrected chi connectivity index (χ3v) is 5.78. The molecule has 23 heavy (non-hydrogen) atoms. The first-order valence-electron chi connectivity index (χ1n) is 6.93. The van der Waals surface area contributed by atoms with Gasteiger partial charge in [0.2, 0.25) is 10.0 Å². The van der Waals surface area contributed by atoms with Crippen molar-refractivity contribution < 1.29 is 13.3 Å². The van der Waals surface area contributed by atoms with Gasteiger partial charge in [0.05, 0.1) is 14.8 Å². The Kier molecular flexibility index (Phi) is 6.79. The fraction of sp³-hybridized carbons (Fsp3) is 0.538. The van der Waals surface area contributed by atoms with Crippen molar-refractivity contribution in [1.82, 2.24) is 4.72 Å². The van der Waals surface area contributed by atoms with Gasteiger partial charge in [-0.1, -0.05) is 11.6 Å². The highest BCUT2D eigenvalue weighted by Crippen LogP contribution is 2.30. The predicted molar refractivity (Wildman–Crippen MR) is 90.6 cm³/mol. The molecule has 1 aromatic rings. The van der Waals surface area contributed by atoms with Crippen molar-refractivity contribution in [2.45, 2.75) is 49.6 Å². The van der Waals surface area contributed by atoms with Crippen molar-refractivity contribution in [2.24, 2.45) is 5.73 Å². The first-order chi connectivity index (χ1) is 10.2. The van der Waals surface area contributed by atoms with Gasteiger partial charge >= 0.3 is 0 Å². The van der Waals surface area contributed by atoms with Gasteiger partial charge < -0.3 is 5.73 Å². The molecular weight excluding hydrogens is 365 g/mol. The van der Waals surface area contributed by atoms with E-state index in [9.17, 15) is 18.5 Å². The first-order valence-corrected chi connectivity index (χ1v) is 8.79. The lowest BCUT2D eigenvalue weighted by atomic mass is 9.93. The predicted octanol–water partition coefficient (Wildman–Crippen LogP) is 2.53. The molecular formula is C13H19Cl2N3O4S. The topological polar surface area (TPSA) is 115 Å². The molecule has 0 aliphatic heterocycles. The van der Waals surface area contributed by atoms with Crippen LogP contribution in [0.25, 0.3) is 0 Å². The number of nitrogens with two attached hydrogens (primary N) is 1. The number of hydrogen-bond donors (Lipinski definition) is 2. The number of nitro benzene ring substituents is 1. The van der Waals surface area contributed by atoms with Gasteiger partial charge in [-0.3, -0.25) is 10.1 Å². The Morgan fingerprint density at radius 3 is 2.39 bits per heavy atom. The van der Waals surface area contributed by atoms with E-state index in [2.05, 4.69) is 4.72 Å². The zero-order valence-electron chi connectivity index (χ0n) is 12.5. The van der Waals surface area contributed by atoms with E-state index < -0.39 is 14.9 Å². The molecule has 1 aromatic carbocycles. The minimum absolute atomic E-state index is 0. The molecule has 7 nitrogen and oxygen atoms in total. The van der Waals surface area contributed by atoms with E-state index in [4.69, 9.17) is 17.3 Å². The van der Waals surface area contributed by atoms with Gasteiger partial charge in [0.1, 0.15) is 0 Å². The lowest BCUT2D eigenvalue weighted by molar-refractivity contribution is -0.385. The quantitative estimate of drug-likeness (QED) is 0.611. The third kappa shape index (κ3) is 4.77. The minimum Gasteiger partial charge on any atom is -0.328 e. The molecule has 1 aliphatic rings. The van der Waals surface area contributed by atoms with Crippen LogP contribution < -0.4 is 10.5 Å². The van der Waals surface area contributed by atoms with E-state index >= 15 is 0 Å². The Morgan fingerprint density at radius 1 is 1.30 bits per heavy atom. The average Bonchev–Trinajstić information content (AvgIpc) is 2.43. The van der Waals surface area contributed by atoms with Crippen LogP contribution in [-0.4, -0.2) is 25.4 Å². The van der Waals surface area contributed by atoms with E-state index in [-0.39, 0.29) is 45.7 Å². The van der Waals surface area contributed by atoms with Gasteiger partial charge in [-0.15, -0.1) is 12.4 Å². The van der Waals surface area contributed by atoms with Crippen molar-refractivity contribution >= 4 is 39.7 Å². The molecule has 0 spiro atoms. The fourth-order valence-corrected chi connectivity index (χ4v) is 4.14. The molecule has 1 aliphatic carbocycles. The molecule has 130 valence electrons. The number of rotatable bonds is 4. The van der Waals surface area contributed by atoms with Crippen LogP contribution in [0.5, 0.6) is 0 Å². The highest BCUT2D eigenvalue weighted by molar-refractivity contribution is 7.89. The van der Waals surface area contributed by atoms with Crippen LogP contribution in [0.1, 0.15) is 31.2 Å². The molecule has 0 radical (unpaired) electrons. The summed E-state index contributed by atoms with van der Waals surface area (Å²) in [5.41, 5.74) is 5.73. The van der Waals surface area contributed by atoms with Crippen molar-refractivity contribution in [2.75, 3.05) is 0 Å². The maximum absolute atomic E-state index is 12.4. The van der Waals surface area contributed by atoms with Crippen LogP contribution in [0, 0.1) is 17.0 Å². The van der Waals surface area contributed by atoms with Crippen molar-refractivity contribution in [3.05, 3.63) is 32.8 Å². The summed E-state index contributed by atoms with van der Waals surface area (Å²) in [6.07, 6.45) is 2.81. The number of hydrogen-bond acceptors (Lipinski definition) is 5. The third-order valence-electron chi connectivity index (χ3n) is 3.89. The largest absolute Gasteiger partial charge is 0.328 e. The molecule has 0 aromatic heterocycles. The lowest BCUT2D eigenvalue weighted by Gasteiger charge is -2.26. The molecule has 1 fully saturated rings. The summed E-state index contributed by atoms with van der Waals surface area (Å²) in [5.74, 6) is 0. The zero-order chi connectivity index (χ0) is 16.5. The number of sulfonamides is 1. The Hall–Kier alpha value is -0.930. The Balaban J connectivity index is 0.00000264. The minimum atomic E-state index is -3.85. The van der Waals surface area contributed by atoms with Crippen molar-refractivity contribution in [3.63, 3.8) is 0 Å². The Morgan fingerprint density at radius 2 is 1.87 bits per heavy atom. The van der Waals surface area contributed by atoms with E-state index in [1.165, 1.54) is 13.0 Å². The lowest BCUT2D eigenvalue weighted by Crippen LogP contribution is -2.40. The standard InChI is InChI=1S/C13H18ClN3O4S.ClH/c1-8-12(14)6-11(7-13(8)17(18)19)22(20,21)16-10-4-2-9(15)3-5-10;/h6-7,9-10,16H,2-5,15H2,1H3;1H. The van der Waals surface area contributed by atoms with Gasteiger partial charge in [0.25, 0.3) is 5.69 Å². The highest BCUT2D eigenvalue weighted by Gasteiger charge is 2.27. The SMILES string of the molecule is Cc1c(Cl)cc(S(=O)(=O)NC2CCC(N)CC2)cc1[N+](=O)[O-].Cl. The molecule has 0 heterocycles. The van der Waals surface area contributed by atoms with E-state index in [0.717, 1.165) is 18.9 Å². The van der Waals surface area contributed by atoms with Crippen LogP contribution in [0.4, 0.5) is 5.69 Å². The molecule has 0 atom stereocenters. The second-order valence-electron chi connectivity index (χ2n) is 5.54. The van der Waals surface area contributed by atoms with Crippen LogP contribution in [0.3, 0.4) is 0 Å². The van der Waals surface area contributed by atoms with Gasteiger partial charge in [-0.05, 0) is 38.7 Å². The second-order valence-corrected chi connectivity index (χ2v) is 7.66. The van der Waals surface area contributed by atoms with Gasteiger partial charge in [0, 0.05) is 23.7 Å². The summed E-state index contributed by atoms with van der Waals surface area (Å²) in [6, 6.07) is 2.18. The molecule has 10 heteroatoms. The molecule has 2 rings (SSSR count). The van der Waals surface area contributed by atoms with E-state index in [1.54, 1.807) is 0 Å². The van der Waals surface area contributed by atoms with Crippen LogP contribution in [0.2, 0.25) is 5.02 Å². The maximum Gasteiger partial charge on any atom is 0.275 e. The van der Waals surface area contributed by atoms with E-state index in [0.29, 0.717) is 12.8 Å². The maximum atomic E-state index is 12.4. The monoisotopic (exact) mass is 383 g/mol. The Labute approximate surface area is 146 Å². The smallest absolute Gasteiger partial charge is 0.275 e. The summed E-state index contributed by atoms with van der Waals surface area (Å²) in [7, 11) is -3.85. The summed E-state index contributed by atoms with van der Waals surface area (Å²) < 4.78 is 27.4. The average molecular weight is 384 g/mol. The van der Waals surface area contributed by atoms with Gasteiger partial charge in [0.15, 0.2) is 0 Å². The number of nitrogens with zero attached hydrogens (tertiary/aromatic N) is 1.